The standard InChI is InChI=1S/C25H30N4O4.ClH/c1-17-6-4-7-22(18(17)2)27-11-13-28(14-12-27)25(32)26-19-8-9-20-21(16-19)24(31)29(23(20)30)10-5-15-33-3;/h4,6-9,16H,5,10-15H2,1-3H3,(H,26,32);1H. The van der Waals surface area contributed by atoms with E-state index < -0.39 is 0 Å². The van der Waals surface area contributed by atoms with Crippen molar-refractivity contribution in [2.75, 3.05) is 56.7 Å². The quantitative estimate of drug-likeness (QED) is 0.497. The number of urea groups is 1. The summed E-state index contributed by atoms with van der Waals surface area (Å²) in [6.45, 7) is 7.75. The van der Waals surface area contributed by atoms with Gasteiger partial charge in [0.15, 0.2) is 0 Å². The average Bonchev–Trinajstić information content (AvgIpc) is 3.05. The molecule has 34 heavy (non-hydrogen) atoms. The van der Waals surface area contributed by atoms with Gasteiger partial charge in [-0.15, -0.1) is 12.4 Å². The molecule has 2 heterocycles. The van der Waals surface area contributed by atoms with E-state index in [0.717, 1.165) is 13.1 Å². The van der Waals surface area contributed by atoms with Crippen LogP contribution >= 0.6 is 12.4 Å². The van der Waals surface area contributed by atoms with E-state index in [9.17, 15) is 14.4 Å². The van der Waals surface area contributed by atoms with Gasteiger partial charge in [-0.2, -0.15) is 0 Å². The van der Waals surface area contributed by atoms with E-state index in [1.54, 1.807) is 30.2 Å². The number of carbonyl (C=O) groups excluding carboxylic acids is 3. The maximum atomic E-state index is 12.8. The zero-order valence-electron chi connectivity index (χ0n) is 19.8. The minimum absolute atomic E-state index is 0. The summed E-state index contributed by atoms with van der Waals surface area (Å²) >= 11 is 0. The van der Waals surface area contributed by atoms with Crippen molar-refractivity contribution in [1.82, 2.24) is 9.80 Å². The lowest BCUT2D eigenvalue weighted by Gasteiger charge is -2.37. The smallest absolute Gasteiger partial charge is 0.321 e. The van der Waals surface area contributed by atoms with Crippen LogP contribution in [0.25, 0.3) is 0 Å². The van der Waals surface area contributed by atoms with E-state index in [1.165, 1.54) is 21.7 Å². The maximum Gasteiger partial charge on any atom is 0.321 e. The zero-order valence-corrected chi connectivity index (χ0v) is 20.6. The second kappa shape index (κ2) is 10.9. The number of benzene rings is 2. The van der Waals surface area contributed by atoms with Crippen molar-refractivity contribution in [2.45, 2.75) is 20.3 Å². The highest BCUT2D eigenvalue weighted by Gasteiger charge is 2.35. The number of nitrogens with zero attached hydrogens (tertiary/aromatic N) is 3. The van der Waals surface area contributed by atoms with Gasteiger partial charge in [0.05, 0.1) is 11.1 Å². The van der Waals surface area contributed by atoms with Gasteiger partial charge in [-0.25, -0.2) is 4.79 Å². The minimum atomic E-state index is -0.329. The Morgan fingerprint density at radius 1 is 1.00 bits per heavy atom. The topological polar surface area (TPSA) is 82.2 Å². The minimum Gasteiger partial charge on any atom is -0.385 e. The van der Waals surface area contributed by atoms with Gasteiger partial charge in [0.1, 0.15) is 0 Å². The van der Waals surface area contributed by atoms with Crippen LogP contribution in [0.3, 0.4) is 0 Å². The Bertz CT molecular complexity index is 1080. The van der Waals surface area contributed by atoms with E-state index in [-0.39, 0.29) is 30.3 Å². The third kappa shape index (κ3) is 5.03. The lowest BCUT2D eigenvalue weighted by Crippen LogP contribution is -2.50. The van der Waals surface area contributed by atoms with Crippen molar-refractivity contribution < 1.29 is 19.1 Å². The van der Waals surface area contributed by atoms with Gasteiger partial charge in [-0.1, -0.05) is 12.1 Å². The Morgan fingerprint density at radius 2 is 1.71 bits per heavy atom. The predicted octanol–water partition coefficient (Wildman–Crippen LogP) is 3.71. The summed E-state index contributed by atoms with van der Waals surface area (Å²) in [5, 5.41) is 2.89. The number of amides is 4. The number of nitrogens with one attached hydrogen (secondary N) is 1. The van der Waals surface area contributed by atoms with E-state index in [4.69, 9.17) is 4.74 Å². The maximum absolute atomic E-state index is 12.8. The molecule has 8 nitrogen and oxygen atoms in total. The van der Waals surface area contributed by atoms with Crippen LogP contribution in [0.15, 0.2) is 36.4 Å². The lowest BCUT2D eigenvalue weighted by molar-refractivity contribution is 0.0638. The summed E-state index contributed by atoms with van der Waals surface area (Å²) < 4.78 is 5.01. The van der Waals surface area contributed by atoms with Gasteiger partial charge in [0, 0.05) is 57.8 Å². The molecule has 0 atom stereocenters. The van der Waals surface area contributed by atoms with Crippen LogP contribution in [0, 0.1) is 13.8 Å². The Kier molecular flexibility index (Phi) is 8.17. The number of aryl methyl sites for hydroxylation is 1. The first-order valence-corrected chi connectivity index (χ1v) is 11.3. The molecule has 2 aromatic carbocycles. The predicted molar refractivity (Wildman–Crippen MR) is 134 cm³/mol. The van der Waals surface area contributed by atoms with Gasteiger partial charge < -0.3 is 19.9 Å². The molecule has 1 fully saturated rings. The number of halogens is 1. The van der Waals surface area contributed by atoms with Crippen LogP contribution in [0.5, 0.6) is 0 Å². The normalized spacial score (nSPS) is 15.3. The summed E-state index contributed by atoms with van der Waals surface area (Å²) in [6, 6.07) is 11.0. The second-order valence-corrected chi connectivity index (χ2v) is 8.49. The third-order valence-electron chi connectivity index (χ3n) is 6.44. The molecule has 0 spiro atoms. The number of anilines is 2. The fourth-order valence-electron chi connectivity index (χ4n) is 4.37. The summed E-state index contributed by atoms with van der Waals surface area (Å²) in [5.41, 5.74) is 4.95. The molecule has 0 aromatic heterocycles. The largest absolute Gasteiger partial charge is 0.385 e. The summed E-state index contributed by atoms with van der Waals surface area (Å²) in [7, 11) is 1.58. The molecule has 0 saturated carbocycles. The van der Waals surface area contributed by atoms with Gasteiger partial charge in [0.2, 0.25) is 0 Å². The fraction of sp³-hybridized carbons (Fsp3) is 0.400. The molecule has 0 radical (unpaired) electrons. The number of hydrogen-bond donors (Lipinski definition) is 1. The number of carbonyl (C=O) groups is 3. The number of piperazine rings is 1. The van der Waals surface area contributed by atoms with Gasteiger partial charge in [-0.3, -0.25) is 14.5 Å². The Labute approximate surface area is 206 Å². The van der Waals surface area contributed by atoms with Crippen LogP contribution in [-0.4, -0.2) is 74.1 Å². The van der Waals surface area contributed by atoms with Crippen molar-refractivity contribution >= 4 is 41.6 Å². The van der Waals surface area contributed by atoms with E-state index in [0.29, 0.717) is 49.5 Å². The number of rotatable bonds is 6. The van der Waals surface area contributed by atoms with E-state index in [1.807, 2.05) is 0 Å². The van der Waals surface area contributed by atoms with Crippen molar-refractivity contribution in [3.8, 4) is 0 Å². The SMILES string of the molecule is COCCCN1C(=O)c2ccc(NC(=O)N3CCN(c4cccc(C)c4C)CC3)cc2C1=O.Cl. The van der Waals surface area contributed by atoms with Crippen LogP contribution in [0.4, 0.5) is 16.2 Å². The molecule has 9 heteroatoms. The summed E-state index contributed by atoms with van der Waals surface area (Å²) in [6.07, 6.45) is 0.583. The molecule has 4 amide bonds. The van der Waals surface area contributed by atoms with Crippen LogP contribution in [-0.2, 0) is 4.74 Å². The van der Waals surface area contributed by atoms with E-state index in [2.05, 4.69) is 42.3 Å². The molecular formula is C25H31ClN4O4. The van der Waals surface area contributed by atoms with Crippen molar-refractivity contribution in [3.63, 3.8) is 0 Å². The zero-order chi connectivity index (χ0) is 23.5. The van der Waals surface area contributed by atoms with Gasteiger partial charge >= 0.3 is 6.03 Å². The molecule has 182 valence electrons. The van der Waals surface area contributed by atoms with Crippen LogP contribution in [0.1, 0.15) is 38.3 Å². The van der Waals surface area contributed by atoms with Crippen LogP contribution in [0.2, 0.25) is 0 Å². The molecule has 2 aliphatic heterocycles. The summed E-state index contributed by atoms with van der Waals surface area (Å²) in [5.74, 6) is -0.629. The molecule has 0 unspecified atom stereocenters. The number of hydrogen-bond acceptors (Lipinski definition) is 5. The number of methoxy groups -OCH3 is 1. The van der Waals surface area contributed by atoms with Crippen molar-refractivity contribution in [1.29, 1.82) is 0 Å². The number of fused-ring (bicyclic) bond motifs is 1. The molecule has 2 aromatic rings. The lowest BCUT2D eigenvalue weighted by atomic mass is 10.1. The van der Waals surface area contributed by atoms with Gasteiger partial charge in [0.25, 0.3) is 11.8 Å². The third-order valence-corrected chi connectivity index (χ3v) is 6.44. The first-order valence-electron chi connectivity index (χ1n) is 11.3. The molecule has 4 rings (SSSR count). The van der Waals surface area contributed by atoms with E-state index >= 15 is 0 Å². The molecule has 1 N–H and O–H groups in total. The van der Waals surface area contributed by atoms with Crippen LogP contribution < -0.4 is 10.2 Å². The molecule has 0 bridgehead atoms. The van der Waals surface area contributed by atoms with Gasteiger partial charge in [-0.05, 0) is 55.7 Å². The number of imide groups is 1. The highest BCUT2D eigenvalue weighted by Crippen LogP contribution is 2.27. The molecule has 1 saturated heterocycles. The molecular weight excluding hydrogens is 456 g/mol. The Morgan fingerprint density at radius 3 is 2.41 bits per heavy atom. The fourth-order valence-corrected chi connectivity index (χ4v) is 4.37. The Balaban J connectivity index is 0.00000324. The summed E-state index contributed by atoms with van der Waals surface area (Å²) in [4.78, 5) is 43.4. The second-order valence-electron chi connectivity index (χ2n) is 8.49. The van der Waals surface area contributed by atoms with Crippen molar-refractivity contribution in [2.24, 2.45) is 0 Å². The highest BCUT2D eigenvalue weighted by atomic mass is 35.5. The molecule has 2 aliphatic rings. The molecule has 0 aliphatic carbocycles. The highest BCUT2D eigenvalue weighted by molar-refractivity contribution is 6.21. The monoisotopic (exact) mass is 486 g/mol. The average molecular weight is 487 g/mol. The Hall–Kier alpha value is -3.10. The number of ether oxygens (including phenoxy) is 1. The first kappa shape index (κ1) is 25.5. The first-order chi connectivity index (χ1) is 15.9. The van der Waals surface area contributed by atoms with Crippen molar-refractivity contribution in [3.05, 3.63) is 58.7 Å².